The summed E-state index contributed by atoms with van der Waals surface area (Å²) in [7, 11) is 5.61. The molecule has 0 saturated carbocycles. The molecule has 0 N–H and O–H groups in total. The molecule has 3 nitrogen and oxygen atoms in total. The molecule has 84 valence electrons. The highest BCUT2D eigenvalue weighted by Crippen LogP contribution is 2.20. The number of ether oxygens (including phenoxy) is 1. The molecule has 4 heteroatoms. The van der Waals surface area contributed by atoms with Gasteiger partial charge in [-0.05, 0) is 39.5 Å². The van der Waals surface area contributed by atoms with Crippen LogP contribution >= 0.6 is 0 Å². The second-order valence-electron chi connectivity index (χ2n) is 5.17. The number of rotatable bonds is 1. The third-order valence-corrected chi connectivity index (χ3v) is 2.50. The molecule has 1 fully saturated rings. The van der Waals surface area contributed by atoms with Crippen molar-refractivity contribution in [3.8, 4) is 0 Å². The third kappa shape index (κ3) is 4.14. The molecule has 1 amide bonds. The molecule has 1 aliphatic heterocycles. The van der Waals surface area contributed by atoms with Crippen molar-refractivity contribution < 1.29 is 9.53 Å². The van der Waals surface area contributed by atoms with Gasteiger partial charge in [-0.3, -0.25) is 0 Å². The number of hydrogen-bond donors (Lipinski definition) is 0. The summed E-state index contributed by atoms with van der Waals surface area (Å²) in [5, 5.41) is 0. The lowest BCUT2D eigenvalue weighted by Gasteiger charge is -2.33. The highest BCUT2D eigenvalue weighted by Gasteiger charge is 2.26. The van der Waals surface area contributed by atoms with E-state index in [4.69, 9.17) is 12.6 Å². The van der Waals surface area contributed by atoms with Crippen LogP contribution in [0.5, 0.6) is 0 Å². The van der Waals surface area contributed by atoms with Crippen LogP contribution in [0, 0.1) is 5.92 Å². The van der Waals surface area contributed by atoms with E-state index in [1.54, 1.807) is 4.90 Å². The van der Waals surface area contributed by atoms with Crippen molar-refractivity contribution in [2.24, 2.45) is 5.92 Å². The van der Waals surface area contributed by atoms with Crippen molar-refractivity contribution in [2.75, 3.05) is 13.1 Å². The molecule has 2 radical (unpaired) electrons. The molecule has 1 heterocycles. The van der Waals surface area contributed by atoms with E-state index < -0.39 is 5.60 Å². The van der Waals surface area contributed by atoms with Crippen LogP contribution in [0.2, 0.25) is 6.32 Å². The Morgan fingerprint density at radius 1 is 1.53 bits per heavy atom. The van der Waals surface area contributed by atoms with E-state index in [0.29, 0.717) is 12.2 Å². The maximum Gasteiger partial charge on any atom is 0.410 e. The Bertz CT molecular complexity index is 225. The predicted octanol–water partition coefficient (Wildman–Crippen LogP) is 2.22. The van der Waals surface area contributed by atoms with Gasteiger partial charge in [0, 0.05) is 13.1 Å². The summed E-state index contributed by atoms with van der Waals surface area (Å²) in [4.78, 5) is 13.5. The molecule has 0 unspecified atom stereocenters. The number of carbonyl (C=O) groups excluding carboxylic acids is 1. The van der Waals surface area contributed by atoms with Gasteiger partial charge in [0.15, 0.2) is 0 Å². The molecule has 1 atom stereocenters. The van der Waals surface area contributed by atoms with E-state index in [9.17, 15) is 4.79 Å². The lowest BCUT2D eigenvalue weighted by Crippen LogP contribution is -2.42. The first-order valence-corrected chi connectivity index (χ1v) is 5.60. The summed E-state index contributed by atoms with van der Waals surface area (Å²) in [6, 6.07) is 0. The standard InChI is InChI=1S/C11H20BNO2/c1-11(2,3)15-10(14)13-6-4-5-9(7-12)8-13/h9H,4-8H2,1-3H3/t9-/m1/s1. The highest BCUT2D eigenvalue weighted by atomic mass is 16.6. The molecular formula is C11H20BNO2. The van der Waals surface area contributed by atoms with Crippen molar-refractivity contribution in [1.82, 2.24) is 4.90 Å². The van der Waals surface area contributed by atoms with Gasteiger partial charge in [-0.25, -0.2) is 4.79 Å². The van der Waals surface area contributed by atoms with Crippen molar-refractivity contribution in [3.63, 3.8) is 0 Å². The fraction of sp³-hybridized carbons (Fsp3) is 0.909. The topological polar surface area (TPSA) is 29.5 Å². The molecule has 1 rings (SSSR count). The van der Waals surface area contributed by atoms with Crippen LogP contribution in [-0.4, -0.2) is 37.5 Å². The van der Waals surface area contributed by atoms with Crippen molar-refractivity contribution in [2.45, 2.75) is 45.5 Å². The molecule has 0 aliphatic carbocycles. The van der Waals surface area contributed by atoms with E-state index in [2.05, 4.69) is 0 Å². The average molecular weight is 209 g/mol. The zero-order valence-corrected chi connectivity index (χ0v) is 9.95. The summed E-state index contributed by atoms with van der Waals surface area (Å²) in [5.41, 5.74) is -0.410. The molecule has 0 spiro atoms. The first-order valence-electron chi connectivity index (χ1n) is 5.60. The number of hydrogen-bond acceptors (Lipinski definition) is 2. The normalized spacial score (nSPS) is 22.6. The van der Waals surface area contributed by atoms with Gasteiger partial charge in [-0.2, -0.15) is 0 Å². The van der Waals surface area contributed by atoms with Gasteiger partial charge in [0.25, 0.3) is 0 Å². The number of likely N-dealkylation sites (tertiary alicyclic amines) is 1. The Balaban J connectivity index is 2.45. The zero-order valence-electron chi connectivity index (χ0n) is 9.95. The Labute approximate surface area is 93.6 Å². The average Bonchev–Trinajstić information content (AvgIpc) is 2.15. The molecular weight excluding hydrogens is 189 g/mol. The maximum absolute atomic E-state index is 11.7. The minimum absolute atomic E-state index is 0.208. The van der Waals surface area contributed by atoms with Crippen LogP contribution in [0.3, 0.4) is 0 Å². The Kier molecular flexibility index (Phi) is 4.06. The smallest absolute Gasteiger partial charge is 0.410 e. The van der Waals surface area contributed by atoms with Gasteiger partial charge in [0.2, 0.25) is 0 Å². The Hall–Kier alpha value is -0.665. The molecule has 1 saturated heterocycles. The molecule has 0 aromatic carbocycles. The first-order chi connectivity index (χ1) is 6.92. The van der Waals surface area contributed by atoms with Crippen LogP contribution in [0.1, 0.15) is 33.6 Å². The molecule has 1 aliphatic rings. The largest absolute Gasteiger partial charge is 0.444 e. The maximum atomic E-state index is 11.7. The molecule has 15 heavy (non-hydrogen) atoms. The second-order valence-corrected chi connectivity index (χ2v) is 5.17. The van der Waals surface area contributed by atoms with Crippen LogP contribution in [0.15, 0.2) is 0 Å². The fourth-order valence-electron chi connectivity index (χ4n) is 1.75. The van der Waals surface area contributed by atoms with Gasteiger partial charge >= 0.3 is 6.09 Å². The van der Waals surface area contributed by atoms with Crippen molar-refractivity contribution in [3.05, 3.63) is 0 Å². The minimum atomic E-state index is -0.410. The monoisotopic (exact) mass is 209 g/mol. The summed E-state index contributed by atoms with van der Waals surface area (Å²) >= 11 is 0. The zero-order chi connectivity index (χ0) is 11.5. The van der Waals surface area contributed by atoms with Gasteiger partial charge in [0.05, 0.1) is 7.85 Å². The van der Waals surface area contributed by atoms with E-state index in [1.165, 1.54) is 0 Å². The Morgan fingerprint density at radius 3 is 2.73 bits per heavy atom. The summed E-state index contributed by atoms with van der Waals surface area (Å²) < 4.78 is 5.32. The lowest BCUT2D eigenvalue weighted by atomic mass is 9.85. The first kappa shape index (κ1) is 12.4. The number of carbonyl (C=O) groups is 1. The van der Waals surface area contributed by atoms with Gasteiger partial charge in [-0.1, -0.05) is 6.32 Å². The summed E-state index contributed by atoms with van der Waals surface area (Å²) in [6.07, 6.45) is 2.59. The van der Waals surface area contributed by atoms with Crippen LogP contribution in [0.25, 0.3) is 0 Å². The molecule has 0 aromatic heterocycles. The second kappa shape index (κ2) is 4.91. The van der Waals surface area contributed by atoms with Crippen LogP contribution < -0.4 is 0 Å². The van der Waals surface area contributed by atoms with Gasteiger partial charge in [0.1, 0.15) is 5.60 Å². The quantitative estimate of drug-likeness (QED) is 0.619. The third-order valence-electron chi connectivity index (χ3n) is 2.50. The number of piperidine rings is 1. The lowest BCUT2D eigenvalue weighted by molar-refractivity contribution is 0.0175. The van der Waals surface area contributed by atoms with Gasteiger partial charge in [-0.15, -0.1) is 0 Å². The summed E-state index contributed by atoms with van der Waals surface area (Å²) in [6.45, 7) is 7.19. The minimum Gasteiger partial charge on any atom is -0.444 e. The Morgan fingerprint density at radius 2 is 2.20 bits per heavy atom. The van der Waals surface area contributed by atoms with E-state index in [0.717, 1.165) is 25.9 Å². The van der Waals surface area contributed by atoms with Crippen molar-refractivity contribution >= 4 is 13.9 Å². The van der Waals surface area contributed by atoms with Crippen molar-refractivity contribution in [1.29, 1.82) is 0 Å². The highest BCUT2D eigenvalue weighted by molar-refractivity contribution is 6.08. The van der Waals surface area contributed by atoms with Crippen LogP contribution in [0.4, 0.5) is 4.79 Å². The fourth-order valence-corrected chi connectivity index (χ4v) is 1.75. The summed E-state index contributed by atoms with van der Waals surface area (Å²) in [5.74, 6) is 0.436. The van der Waals surface area contributed by atoms with Gasteiger partial charge < -0.3 is 9.64 Å². The number of amides is 1. The van der Waals surface area contributed by atoms with E-state index >= 15 is 0 Å². The number of nitrogens with zero attached hydrogens (tertiary/aromatic N) is 1. The van der Waals surface area contributed by atoms with E-state index in [1.807, 2.05) is 20.8 Å². The SMILES string of the molecule is [B]C[C@H]1CCCN(C(=O)OC(C)(C)C)C1. The molecule has 0 aromatic rings. The molecule has 0 bridgehead atoms. The van der Waals surface area contributed by atoms with E-state index in [-0.39, 0.29) is 6.09 Å². The predicted molar refractivity (Wildman–Crippen MR) is 61.1 cm³/mol. The van der Waals surface area contributed by atoms with Crippen LogP contribution in [-0.2, 0) is 4.74 Å².